The molecule has 0 atom stereocenters. The minimum Gasteiger partial charge on any atom is -0.352 e. The summed E-state index contributed by atoms with van der Waals surface area (Å²) in [5.41, 5.74) is 1.26. The van der Waals surface area contributed by atoms with Gasteiger partial charge in [0.25, 0.3) is 5.91 Å². The number of pyridine rings is 1. The summed E-state index contributed by atoms with van der Waals surface area (Å²) in [5, 5.41) is 2.89. The molecule has 1 amide bonds. The van der Waals surface area contributed by atoms with E-state index in [2.05, 4.69) is 10.3 Å². The van der Waals surface area contributed by atoms with Crippen LogP contribution >= 0.6 is 11.6 Å². The Labute approximate surface area is 159 Å². The van der Waals surface area contributed by atoms with Crippen molar-refractivity contribution in [2.24, 2.45) is 0 Å². The first-order valence-corrected chi connectivity index (χ1v) is 10.2. The molecule has 0 radical (unpaired) electrons. The first kappa shape index (κ1) is 20.4. The van der Waals surface area contributed by atoms with Gasteiger partial charge in [-0.2, -0.15) is 4.31 Å². The van der Waals surface area contributed by atoms with E-state index in [0.29, 0.717) is 26.1 Å². The van der Waals surface area contributed by atoms with Gasteiger partial charge in [-0.05, 0) is 36.2 Å². The number of carbonyl (C=O) groups excluding carboxylic acids is 1. The van der Waals surface area contributed by atoms with Crippen LogP contribution in [0.15, 0.2) is 47.6 Å². The Hall–Kier alpha value is -1.96. The van der Waals surface area contributed by atoms with Gasteiger partial charge in [-0.15, -0.1) is 0 Å². The van der Waals surface area contributed by atoms with Crippen molar-refractivity contribution in [2.75, 3.05) is 19.6 Å². The monoisotopic (exact) mass is 395 g/mol. The van der Waals surface area contributed by atoms with Crippen molar-refractivity contribution in [3.8, 4) is 0 Å². The molecule has 0 aliphatic carbocycles. The van der Waals surface area contributed by atoms with Gasteiger partial charge in [0, 0.05) is 37.6 Å². The molecular weight excluding hydrogens is 374 g/mol. The van der Waals surface area contributed by atoms with Crippen molar-refractivity contribution < 1.29 is 13.2 Å². The van der Waals surface area contributed by atoms with Gasteiger partial charge in [0.2, 0.25) is 10.0 Å². The summed E-state index contributed by atoms with van der Waals surface area (Å²) in [7, 11) is -3.74. The highest BCUT2D eigenvalue weighted by Gasteiger charge is 2.25. The van der Waals surface area contributed by atoms with E-state index in [1.165, 1.54) is 22.5 Å². The lowest BCUT2D eigenvalue weighted by atomic mass is 10.2. The smallest absolute Gasteiger partial charge is 0.251 e. The van der Waals surface area contributed by atoms with Crippen molar-refractivity contribution in [3.63, 3.8) is 0 Å². The number of benzene rings is 1. The van der Waals surface area contributed by atoms with Gasteiger partial charge >= 0.3 is 0 Å². The van der Waals surface area contributed by atoms with Crippen LogP contribution in [0.2, 0.25) is 5.02 Å². The SMILES string of the molecule is CCN(CC)S(=O)(=O)c1cc(C(=O)NCCc2cccnc2)ccc1Cl. The first-order valence-electron chi connectivity index (χ1n) is 8.37. The number of nitrogens with zero attached hydrogens (tertiary/aromatic N) is 2. The number of rotatable bonds is 8. The molecule has 26 heavy (non-hydrogen) atoms. The quantitative estimate of drug-likeness (QED) is 0.745. The summed E-state index contributed by atoms with van der Waals surface area (Å²) in [4.78, 5) is 16.3. The number of hydrogen-bond donors (Lipinski definition) is 1. The molecule has 1 aromatic carbocycles. The minimum atomic E-state index is -3.74. The van der Waals surface area contributed by atoms with Crippen molar-refractivity contribution in [3.05, 3.63) is 58.9 Å². The zero-order chi connectivity index (χ0) is 19.2. The molecule has 140 valence electrons. The average Bonchev–Trinajstić information content (AvgIpc) is 2.63. The maximum absolute atomic E-state index is 12.7. The number of amides is 1. The third-order valence-corrected chi connectivity index (χ3v) is 6.47. The summed E-state index contributed by atoms with van der Waals surface area (Å²) >= 11 is 6.08. The maximum atomic E-state index is 12.7. The summed E-state index contributed by atoms with van der Waals surface area (Å²) in [6.07, 6.45) is 4.06. The Morgan fingerprint density at radius 2 is 1.96 bits per heavy atom. The number of aromatic nitrogens is 1. The molecule has 0 fully saturated rings. The number of carbonyl (C=O) groups is 1. The third kappa shape index (κ3) is 4.81. The lowest BCUT2D eigenvalue weighted by Gasteiger charge is -2.19. The van der Waals surface area contributed by atoms with E-state index in [1.807, 2.05) is 12.1 Å². The van der Waals surface area contributed by atoms with Crippen LogP contribution in [0.3, 0.4) is 0 Å². The van der Waals surface area contributed by atoms with Crippen LogP contribution in [0.25, 0.3) is 0 Å². The molecule has 0 unspecified atom stereocenters. The van der Waals surface area contributed by atoms with Crippen LogP contribution in [0.1, 0.15) is 29.8 Å². The van der Waals surface area contributed by atoms with Gasteiger partial charge in [-0.1, -0.05) is 31.5 Å². The molecular formula is C18H22ClN3O3S. The highest BCUT2D eigenvalue weighted by atomic mass is 35.5. The molecule has 2 rings (SSSR count). The second-order valence-electron chi connectivity index (χ2n) is 5.60. The van der Waals surface area contributed by atoms with Crippen molar-refractivity contribution in [2.45, 2.75) is 25.2 Å². The molecule has 6 nitrogen and oxygen atoms in total. The number of sulfonamides is 1. The standard InChI is InChI=1S/C18H22ClN3O3S/c1-3-22(4-2)26(24,25)17-12-15(7-8-16(17)19)18(23)21-11-9-14-6-5-10-20-13-14/h5-8,10,12-13H,3-4,9,11H2,1-2H3,(H,21,23). The number of halogens is 1. The van der Waals surface area contributed by atoms with Gasteiger partial charge in [-0.25, -0.2) is 8.42 Å². The van der Waals surface area contributed by atoms with Gasteiger partial charge < -0.3 is 5.32 Å². The number of nitrogens with one attached hydrogen (secondary N) is 1. The highest BCUT2D eigenvalue weighted by molar-refractivity contribution is 7.89. The zero-order valence-corrected chi connectivity index (χ0v) is 16.3. The Bertz CT molecular complexity index is 853. The van der Waals surface area contributed by atoms with Crippen LogP contribution in [0, 0.1) is 0 Å². The lowest BCUT2D eigenvalue weighted by molar-refractivity contribution is 0.0954. The van der Waals surface area contributed by atoms with Crippen LogP contribution in [0.5, 0.6) is 0 Å². The zero-order valence-electron chi connectivity index (χ0n) is 14.8. The fourth-order valence-corrected chi connectivity index (χ4v) is 4.47. The molecule has 2 aromatic rings. The largest absolute Gasteiger partial charge is 0.352 e. The molecule has 0 saturated heterocycles. The average molecular weight is 396 g/mol. The molecule has 1 N–H and O–H groups in total. The summed E-state index contributed by atoms with van der Waals surface area (Å²) in [5.74, 6) is -0.346. The van der Waals surface area contributed by atoms with E-state index in [9.17, 15) is 13.2 Å². The Morgan fingerprint density at radius 3 is 2.58 bits per heavy atom. The molecule has 0 saturated carbocycles. The molecule has 0 aliphatic heterocycles. The van der Waals surface area contributed by atoms with Crippen LogP contribution in [-0.4, -0.2) is 43.2 Å². The predicted molar refractivity (Wildman–Crippen MR) is 102 cm³/mol. The van der Waals surface area contributed by atoms with E-state index < -0.39 is 10.0 Å². The maximum Gasteiger partial charge on any atom is 0.251 e. The van der Waals surface area contributed by atoms with E-state index in [-0.39, 0.29) is 21.4 Å². The Morgan fingerprint density at radius 1 is 1.23 bits per heavy atom. The van der Waals surface area contributed by atoms with Crippen molar-refractivity contribution in [1.29, 1.82) is 0 Å². The van der Waals surface area contributed by atoms with E-state index in [4.69, 9.17) is 11.6 Å². The van der Waals surface area contributed by atoms with E-state index in [0.717, 1.165) is 5.56 Å². The predicted octanol–water partition coefficient (Wildman–Crippen LogP) is 2.74. The number of hydrogen-bond acceptors (Lipinski definition) is 4. The first-order chi connectivity index (χ1) is 12.4. The highest BCUT2D eigenvalue weighted by Crippen LogP contribution is 2.25. The fourth-order valence-electron chi connectivity index (χ4n) is 2.51. The molecule has 1 heterocycles. The summed E-state index contributed by atoms with van der Waals surface area (Å²) in [6, 6.07) is 8.04. The van der Waals surface area contributed by atoms with Gasteiger partial charge in [-0.3, -0.25) is 9.78 Å². The topological polar surface area (TPSA) is 79.4 Å². The molecule has 1 aromatic heterocycles. The third-order valence-electron chi connectivity index (χ3n) is 3.94. The molecule has 0 aliphatic rings. The van der Waals surface area contributed by atoms with Crippen LogP contribution in [0.4, 0.5) is 0 Å². The Kier molecular flexibility index (Phi) is 7.14. The van der Waals surface area contributed by atoms with E-state index in [1.54, 1.807) is 26.2 Å². The fraction of sp³-hybridized carbons (Fsp3) is 0.333. The Balaban J connectivity index is 2.14. The van der Waals surface area contributed by atoms with Crippen molar-refractivity contribution >= 4 is 27.5 Å². The lowest BCUT2D eigenvalue weighted by Crippen LogP contribution is -2.31. The van der Waals surface area contributed by atoms with Crippen LogP contribution in [-0.2, 0) is 16.4 Å². The van der Waals surface area contributed by atoms with E-state index >= 15 is 0 Å². The van der Waals surface area contributed by atoms with Crippen LogP contribution < -0.4 is 5.32 Å². The molecule has 0 bridgehead atoms. The summed E-state index contributed by atoms with van der Waals surface area (Å²) < 4.78 is 26.7. The second kappa shape index (κ2) is 9.12. The van der Waals surface area contributed by atoms with Gasteiger partial charge in [0.1, 0.15) is 4.90 Å². The summed E-state index contributed by atoms with van der Waals surface area (Å²) in [6.45, 7) is 4.59. The normalized spacial score (nSPS) is 11.5. The molecule has 0 spiro atoms. The van der Waals surface area contributed by atoms with Gasteiger partial charge in [0.05, 0.1) is 5.02 Å². The minimum absolute atomic E-state index is 0.0530. The van der Waals surface area contributed by atoms with Crippen molar-refractivity contribution in [1.82, 2.24) is 14.6 Å². The second-order valence-corrected chi connectivity index (χ2v) is 7.92. The van der Waals surface area contributed by atoms with Gasteiger partial charge in [0.15, 0.2) is 0 Å². The molecule has 8 heteroatoms.